The maximum absolute atomic E-state index is 12.4. The minimum atomic E-state index is -3.09. The highest BCUT2D eigenvalue weighted by molar-refractivity contribution is 7.90. The van der Waals surface area contributed by atoms with E-state index >= 15 is 0 Å². The van der Waals surface area contributed by atoms with Crippen LogP contribution in [0.4, 0.5) is 0 Å². The van der Waals surface area contributed by atoms with E-state index in [9.17, 15) is 8.42 Å². The van der Waals surface area contributed by atoms with Crippen LogP contribution in [0.15, 0.2) is 0 Å². The molecule has 0 aromatic heterocycles. The van der Waals surface area contributed by atoms with Crippen molar-refractivity contribution in [1.29, 1.82) is 0 Å². The van der Waals surface area contributed by atoms with Crippen molar-refractivity contribution in [3.8, 4) is 0 Å². The molecule has 0 heterocycles. The van der Waals surface area contributed by atoms with E-state index in [1.807, 2.05) is 0 Å². The van der Waals surface area contributed by atoms with E-state index in [0.29, 0.717) is 6.04 Å². The zero-order chi connectivity index (χ0) is 14.4. The molecule has 2 saturated carbocycles. The monoisotopic (exact) mass is 302 g/mol. The fourth-order valence-corrected chi connectivity index (χ4v) is 5.31. The summed E-state index contributed by atoms with van der Waals surface area (Å²) >= 11 is 0. The molecular weight excluding hydrogens is 272 g/mol. The second kappa shape index (κ2) is 7.76. The number of hydrogen-bond acceptors (Lipinski definition) is 3. The summed E-state index contributed by atoms with van der Waals surface area (Å²) in [6.45, 7) is 3.25. The molecule has 0 unspecified atom stereocenters. The summed E-state index contributed by atoms with van der Waals surface area (Å²) in [5.41, 5.74) is 0. The summed E-state index contributed by atoms with van der Waals surface area (Å²) in [5.74, 6) is 0. The molecule has 0 radical (unpaired) electrons. The van der Waals surface area contributed by atoms with E-state index in [1.54, 1.807) is 0 Å². The van der Waals surface area contributed by atoms with Gasteiger partial charge in [-0.3, -0.25) is 0 Å². The van der Waals surface area contributed by atoms with Crippen molar-refractivity contribution >= 4 is 10.0 Å². The van der Waals surface area contributed by atoms with Gasteiger partial charge in [-0.2, -0.15) is 0 Å². The molecular formula is C15H30N2O2S. The van der Waals surface area contributed by atoms with Gasteiger partial charge in [0.2, 0.25) is 10.0 Å². The maximum Gasteiger partial charge on any atom is 0.214 e. The predicted octanol–water partition coefficient (Wildman–Crippen LogP) is 2.55. The molecule has 0 aromatic carbocycles. The number of hydrogen-bond donors (Lipinski definition) is 2. The molecule has 2 rings (SSSR count). The highest BCUT2D eigenvalue weighted by Crippen LogP contribution is 2.25. The molecule has 2 aliphatic carbocycles. The standard InChI is InChI=1S/C15H30N2O2S/c1-2-12-16-13-8-10-14(11-9-13)17-20(18,19)15-6-4-3-5-7-15/h13-17H,2-12H2,1H3. The average Bonchev–Trinajstić information content (AvgIpc) is 2.47. The van der Waals surface area contributed by atoms with Crippen molar-refractivity contribution in [3.05, 3.63) is 0 Å². The molecule has 2 aliphatic rings. The van der Waals surface area contributed by atoms with Crippen LogP contribution < -0.4 is 10.0 Å². The minimum Gasteiger partial charge on any atom is -0.314 e. The van der Waals surface area contributed by atoms with Gasteiger partial charge in [-0.05, 0) is 51.5 Å². The van der Waals surface area contributed by atoms with Crippen LogP contribution in [0.5, 0.6) is 0 Å². The van der Waals surface area contributed by atoms with Gasteiger partial charge < -0.3 is 5.32 Å². The molecule has 0 amide bonds. The Hall–Kier alpha value is -0.130. The normalized spacial score (nSPS) is 29.4. The van der Waals surface area contributed by atoms with Gasteiger partial charge in [0.15, 0.2) is 0 Å². The quantitative estimate of drug-likeness (QED) is 0.793. The summed E-state index contributed by atoms with van der Waals surface area (Å²) in [7, 11) is -3.09. The number of rotatable bonds is 6. The molecule has 118 valence electrons. The molecule has 0 spiro atoms. The first-order chi connectivity index (χ1) is 9.62. The second-order valence-corrected chi connectivity index (χ2v) is 8.42. The van der Waals surface area contributed by atoms with E-state index in [0.717, 1.165) is 64.3 Å². The van der Waals surface area contributed by atoms with Crippen LogP contribution in [0.1, 0.15) is 71.1 Å². The first-order valence-electron chi connectivity index (χ1n) is 8.36. The summed E-state index contributed by atoms with van der Waals surface area (Å²) in [6, 6.07) is 0.756. The molecule has 0 atom stereocenters. The fraction of sp³-hybridized carbons (Fsp3) is 1.00. The molecule has 0 saturated heterocycles. The molecule has 0 aliphatic heterocycles. The van der Waals surface area contributed by atoms with Crippen molar-refractivity contribution in [1.82, 2.24) is 10.0 Å². The molecule has 20 heavy (non-hydrogen) atoms. The molecule has 2 fully saturated rings. The van der Waals surface area contributed by atoms with E-state index in [4.69, 9.17) is 0 Å². The van der Waals surface area contributed by atoms with Gasteiger partial charge in [-0.15, -0.1) is 0 Å². The van der Waals surface area contributed by atoms with Crippen LogP contribution in [-0.4, -0.2) is 32.3 Å². The van der Waals surface area contributed by atoms with Crippen LogP contribution in [0, 0.1) is 0 Å². The lowest BCUT2D eigenvalue weighted by atomic mass is 9.92. The smallest absolute Gasteiger partial charge is 0.214 e. The van der Waals surface area contributed by atoms with E-state index in [-0.39, 0.29) is 11.3 Å². The van der Waals surface area contributed by atoms with E-state index < -0.39 is 10.0 Å². The van der Waals surface area contributed by atoms with Crippen molar-refractivity contribution in [2.45, 2.75) is 88.5 Å². The summed E-state index contributed by atoms with van der Waals surface area (Å²) in [4.78, 5) is 0. The van der Waals surface area contributed by atoms with Gasteiger partial charge in [0.05, 0.1) is 5.25 Å². The minimum absolute atomic E-state index is 0.132. The Labute approximate surface area is 124 Å². The molecule has 2 N–H and O–H groups in total. The number of nitrogens with one attached hydrogen (secondary N) is 2. The number of sulfonamides is 1. The SMILES string of the molecule is CCCNC1CCC(NS(=O)(=O)C2CCCCC2)CC1. The van der Waals surface area contributed by atoms with Gasteiger partial charge in [0.1, 0.15) is 0 Å². The van der Waals surface area contributed by atoms with E-state index in [1.165, 1.54) is 6.42 Å². The third-order valence-electron chi connectivity index (χ3n) is 4.73. The lowest BCUT2D eigenvalue weighted by molar-refractivity contribution is 0.328. The van der Waals surface area contributed by atoms with Crippen molar-refractivity contribution in [2.24, 2.45) is 0 Å². The molecule has 5 heteroatoms. The lowest BCUT2D eigenvalue weighted by Gasteiger charge is -2.31. The van der Waals surface area contributed by atoms with Gasteiger partial charge in [0, 0.05) is 12.1 Å². The Morgan fingerprint density at radius 2 is 1.50 bits per heavy atom. The third kappa shape index (κ3) is 4.71. The van der Waals surface area contributed by atoms with Crippen LogP contribution in [0.2, 0.25) is 0 Å². The van der Waals surface area contributed by atoms with E-state index in [2.05, 4.69) is 17.0 Å². The van der Waals surface area contributed by atoms with Crippen molar-refractivity contribution in [2.75, 3.05) is 6.54 Å². The average molecular weight is 302 g/mol. The van der Waals surface area contributed by atoms with Crippen molar-refractivity contribution < 1.29 is 8.42 Å². The Bertz CT molecular complexity index is 369. The first-order valence-corrected chi connectivity index (χ1v) is 9.91. The van der Waals surface area contributed by atoms with Gasteiger partial charge in [-0.1, -0.05) is 26.2 Å². The lowest BCUT2D eigenvalue weighted by Crippen LogP contribution is -2.45. The summed E-state index contributed by atoms with van der Waals surface area (Å²) in [6.07, 6.45) is 10.3. The summed E-state index contributed by atoms with van der Waals surface area (Å²) in [5, 5.41) is 3.41. The Balaban J connectivity index is 1.76. The maximum atomic E-state index is 12.4. The second-order valence-electron chi connectivity index (χ2n) is 6.43. The summed E-state index contributed by atoms with van der Waals surface area (Å²) < 4.78 is 27.7. The van der Waals surface area contributed by atoms with Crippen LogP contribution >= 0.6 is 0 Å². The van der Waals surface area contributed by atoms with Crippen LogP contribution in [0.25, 0.3) is 0 Å². The Morgan fingerprint density at radius 1 is 0.900 bits per heavy atom. The van der Waals surface area contributed by atoms with Gasteiger partial charge in [0.25, 0.3) is 0 Å². The molecule has 0 aromatic rings. The Kier molecular flexibility index (Phi) is 6.30. The first kappa shape index (κ1) is 16.2. The van der Waals surface area contributed by atoms with Crippen LogP contribution in [-0.2, 0) is 10.0 Å². The topological polar surface area (TPSA) is 58.2 Å². The highest BCUT2D eigenvalue weighted by Gasteiger charge is 2.31. The van der Waals surface area contributed by atoms with Gasteiger partial charge >= 0.3 is 0 Å². The largest absolute Gasteiger partial charge is 0.314 e. The Morgan fingerprint density at radius 3 is 2.10 bits per heavy atom. The molecule has 0 bridgehead atoms. The predicted molar refractivity (Wildman–Crippen MR) is 83.3 cm³/mol. The fourth-order valence-electron chi connectivity index (χ4n) is 3.47. The highest BCUT2D eigenvalue weighted by atomic mass is 32.2. The zero-order valence-corrected chi connectivity index (χ0v) is 13.6. The third-order valence-corrected chi connectivity index (χ3v) is 6.74. The van der Waals surface area contributed by atoms with Crippen molar-refractivity contribution in [3.63, 3.8) is 0 Å². The zero-order valence-electron chi connectivity index (χ0n) is 12.7. The van der Waals surface area contributed by atoms with Crippen LogP contribution in [0.3, 0.4) is 0 Å². The van der Waals surface area contributed by atoms with Gasteiger partial charge in [-0.25, -0.2) is 13.1 Å². The molecule has 4 nitrogen and oxygen atoms in total.